The molecule has 2 rings (SSSR count). The maximum atomic E-state index is 10.9. The van der Waals surface area contributed by atoms with Crippen molar-refractivity contribution >= 4 is 16.8 Å². The first kappa shape index (κ1) is 13.4. The Morgan fingerprint density at radius 1 is 1.44 bits per heavy atom. The van der Waals surface area contributed by atoms with Crippen molar-refractivity contribution in [2.75, 3.05) is 26.2 Å². The first-order valence-electron chi connectivity index (χ1n) is 6.30. The average molecular weight is 268 g/mol. The lowest BCUT2D eigenvalue weighted by molar-refractivity contribution is 0.108. The minimum Gasteiger partial charge on any atom is -0.492 e. The van der Waals surface area contributed by atoms with Crippen molar-refractivity contribution in [3.05, 3.63) is 29.8 Å². The second-order valence-corrected chi connectivity index (χ2v) is 5.18. The first-order valence-corrected chi connectivity index (χ1v) is 6.68. The molecule has 0 spiro atoms. The molecule has 1 aliphatic heterocycles. The summed E-state index contributed by atoms with van der Waals surface area (Å²) in [6.45, 7) is 6.26. The Kier molecular flexibility index (Phi) is 4.61. The molecule has 0 aliphatic carbocycles. The molecule has 0 bridgehead atoms. The number of likely N-dealkylation sites (tertiary alicyclic amines) is 1. The quantitative estimate of drug-likeness (QED) is 0.769. The molecule has 1 unspecified atom stereocenters. The van der Waals surface area contributed by atoms with Crippen LogP contribution in [0.5, 0.6) is 5.75 Å². The van der Waals surface area contributed by atoms with Gasteiger partial charge in [0.1, 0.15) is 12.4 Å². The molecule has 1 atom stereocenters. The number of halogens is 1. The fraction of sp³-hybridized carbons (Fsp3) is 0.500. The number of rotatable bonds is 5. The van der Waals surface area contributed by atoms with Crippen LogP contribution in [-0.4, -0.2) is 36.4 Å². The maximum Gasteiger partial charge on any atom is 0.252 e. The van der Waals surface area contributed by atoms with Gasteiger partial charge in [-0.15, -0.1) is 0 Å². The van der Waals surface area contributed by atoms with Gasteiger partial charge in [0.05, 0.1) is 0 Å². The van der Waals surface area contributed by atoms with E-state index in [-0.39, 0.29) is 0 Å². The Morgan fingerprint density at radius 3 is 2.72 bits per heavy atom. The summed E-state index contributed by atoms with van der Waals surface area (Å²) in [4.78, 5) is 13.3. The van der Waals surface area contributed by atoms with E-state index in [1.807, 2.05) is 0 Å². The highest BCUT2D eigenvalue weighted by Crippen LogP contribution is 2.16. The van der Waals surface area contributed by atoms with Gasteiger partial charge in [0.2, 0.25) is 0 Å². The van der Waals surface area contributed by atoms with E-state index in [4.69, 9.17) is 16.3 Å². The molecule has 3 nitrogen and oxygen atoms in total. The average Bonchev–Trinajstić information content (AvgIpc) is 2.76. The molecule has 0 N–H and O–H groups in total. The molecule has 4 heteroatoms. The molecule has 18 heavy (non-hydrogen) atoms. The molecule has 0 radical (unpaired) electrons. The van der Waals surface area contributed by atoms with Gasteiger partial charge in [0.25, 0.3) is 5.24 Å². The van der Waals surface area contributed by atoms with Crippen molar-refractivity contribution in [3.63, 3.8) is 0 Å². The summed E-state index contributed by atoms with van der Waals surface area (Å²) in [5, 5.41) is -0.437. The Hall–Kier alpha value is -1.06. The highest BCUT2D eigenvalue weighted by atomic mass is 35.5. The van der Waals surface area contributed by atoms with Gasteiger partial charge in [-0.25, -0.2) is 0 Å². The second-order valence-electron chi connectivity index (χ2n) is 4.84. The van der Waals surface area contributed by atoms with Crippen molar-refractivity contribution in [3.8, 4) is 5.75 Å². The number of carbonyl (C=O) groups excluding carboxylic acids is 1. The molecule has 1 aromatic rings. The van der Waals surface area contributed by atoms with E-state index in [0.29, 0.717) is 12.2 Å². The molecule has 1 fully saturated rings. The van der Waals surface area contributed by atoms with E-state index in [2.05, 4.69) is 11.8 Å². The number of benzene rings is 1. The van der Waals surface area contributed by atoms with E-state index in [0.717, 1.165) is 18.2 Å². The van der Waals surface area contributed by atoms with E-state index < -0.39 is 5.24 Å². The Balaban J connectivity index is 1.75. The van der Waals surface area contributed by atoms with Gasteiger partial charge in [-0.3, -0.25) is 9.69 Å². The van der Waals surface area contributed by atoms with E-state index in [9.17, 15) is 4.79 Å². The van der Waals surface area contributed by atoms with Gasteiger partial charge in [0, 0.05) is 18.7 Å². The van der Waals surface area contributed by atoms with E-state index >= 15 is 0 Å². The summed E-state index contributed by atoms with van der Waals surface area (Å²) >= 11 is 5.37. The van der Waals surface area contributed by atoms with Crippen LogP contribution in [-0.2, 0) is 0 Å². The van der Waals surface area contributed by atoms with Crippen LogP contribution in [0.2, 0.25) is 0 Å². The van der Waals surface area contributed by atoms with Crippen LogP contribution < -0.4 is 4.74 Å². The Labute approximate surface area is 113 Å². The van der Waals surface area contributed by atoms with Crippen molar-refractivity contribution in [2.45, 2.75) is 13.3 Å². The van der Waals surface area contributed by atoms with Gasteiger partial charge in [-0.05, 0) is 54.7 Å². The lowest BCUT2D eigenvalue weighted by Crippen LogP contribution is -2.25. The lowest BCUT2D eigenvalue weighted by Gasteiger charge is -2.15. The van der Waals surface area contributed by atoms with Crippen LogP contribution in [0.3, 0.4) is 0 Å². The smallest absolute Gasteiger partial charge is 0.252 e. The Morgan fingerprint density at radius 2 is 2.17 bits per heavy atom. The highest BCUT2D eigenvalue weighted by Gasteiger charge is 2.17. The molecule has 1 aliphatic rings. The van der Waals surface area contributed by atoms with Gasteiger partial charge in [-0.2, -0.15) is 0 Å². The van der Waals surface area contributed by atoms with Crippen LogP contribution in [0.1, 0.15) is 23.7 Å². The van der Waals surface area contributed by atoms with Gasteiger partial charge in [-0.1, -0.05) is 6.92 Å². The predicted octanol–water partition coefficient (Wildman–Crippen LogP) is 2.79. The van der Waals surface area contributed by atoms with Crippen LogP contribution in [0.25, 0.3) is 0 Å². The van der Waals surface area contributed by atoms with Crippen molar-refractivity contribution in [1.29, 1.82) is 0 Å². The lowest BCUT2D eigenvalue weighted by atomic mass is 10.2. The maximum absolute atomic E-state index is 10.9. The minimum absolute atomic E-state index is 0.437. The monoisotopic (exact) mass is 267 g/mol. The summed E-state index contributed by atoms with van der Waals surface area (Å²) in [5.41, 5.74) is 0.498. The van der Waals surface area contributed by atoms with Crippen LogP contribution in [0.4, 0.5) is 0 Å². The summed E-state index contributed by atoms with van der Waals surface area (Å²) in [6, 6.07) is 6.93. The third-order valence-corrected chi connectivity index (χ3v) is 3.48. The number of hydrogen-bond acceptors (Lipinski definition) is 3. The molecule has 1 saturated heterocycles. The zero-order valence-electron chi connectivity index (χ0n) is 10.6. The highest BCUT2D eigenvalue weighted by molar-refractivity contribution is 6.67. The SMILES string of the molecule is CC1CCN(CCOc2ccc(C(=O)Cl)cc2)C1. The van der Waals surface area contributed by atoms with E-state index in [1.54, 1.807) is 24.3 Å². The summed E-state index contributed by atoms with van der Waals surface area (Å²) in [5.74, 6) is 1.59. The second kappa shape index (κ2) is 6.21. The van der Waals surface area contributed by atoms with Gasteiger partial charge in [0.15, 0.2) is 0 Å². The number of carbonyl (C=O) groups is 1. The minimum atomic E-state index is -0.437. The molecular formula is C14H18ClNO2. The van der Waals surface area contributed by atoms with E-state index in [1.165, 1.54) is 19.5 Å². The zero-order chi connectivity index (χ0) is 13.0. The molecule has 1 heterocycles. The molecule has 0 aromatic heterocycles. The third kappa shape index (κ3) is 3.72. The van der Waals surface area contributed by atoms with Crippen molar-refractivity contribution in [1.82, 2.24) is 4.90 Å². The first-order chi connectivity index (χ1) is 8.65. The summed E-state index contributed by atoms with van der Waals surface area (Å²) in [7, 11) is 0. The normalized spacial score (nSPS) is 20.0. The molecular weight excluding hydrogens is 250 g/mol. The van der Waals surface area contributed by atoms with Crippen LogP contribution in [0, 0.1) is 5.92 Å². The molecule has 98 valence electrons. The predicted molar refractivity (Wildman–Crippen MR) is 72.3 cm³/mol. The van der Waals surface area contributed by atoms with Crippen molar-refractivity contribution in [2.24, 2.45) is 5.92 Å². The van der Waals surface area contributed by atoms with Gasteiger partial charge >= 0.3 is 0 Å². The Bertz CT molecular complexity index is 405. The summed E-state index contributed by atoms with van der Waals surface area (Å²) in [6.07, 6.45) is 1.28. The molecule has 0 amide bonds. The third-order valence-electron chi connectivity index (χ3n) is 3.27. The number of ether oxygens (including phenoxy) is 1. The fourth-order valence-electron chi connectivity index (χ4n) is 2.20. The van der Waals surface area contributed by atoms with Gasteiger partial charge < -0.3 is 4.74 Å². The zero-order valence-corrected chi connectivity index (χ0v) is 11.3. The molecule has 1 aromatic carbocycles. The standard InChI is InChI=1S/C14H18ClNO2/c1-11-6-7-16(10-11)8-9-18-13-4-2-12(3-5-13)14(15)17/h2-5,11H,6-10H2,1H3. The fourth-order valence-corrected chi connectivity index (χ4v) is 2.33. The van der Waals surface area contributed by atoms with Crippen LogP contribution >= 0.6 is 11.6 Å². The number of hydrogen-bond donors (Lipinski definition) is 0. The van der Waals surface area contributed by atoms with Crippen molar-refractivity contribution < 1.29 is 9.53 Å². The molecule has 0 saturated carbocycles. The topological polar surface area (TPSA) is 29.5 Å². The number of nitrogens with zero attached hydrogens (tertiary/aromatic N) is 1. The summed E-state index contributed by atoms with van der Waals surface area (Å²) < 4.78 is 5.64. The van der Waals surface area contributed by atoms with Crippen LogP contribution in [0.15, 0.2) is 24.3 Å². The largest absolute Gasteiger partial charge is 0.492 e.